The van der Waals surface area contributed by atoms with Crippen molar-refractivity contribution in [2.24, 2.45) is 0 Å². The second-order valence-corrected chi connectivity index (χ2v) is 3.29. The van der Waals surface area contributed by atoms with Crippen LogP contribution in [-0.2, 0) is 9.53 Å². The molecule has 0 heterocycles. The number of hydrogen-bond acceptors (Lipinski definition) is 2. The topological polar surface area (TPSA) is 38.3 Å². The fourth-order valence-electron chi connectivity index (χ4n) is 1.31. The standard InChI is InChI=1S/C12H15NO2/c1-9-5-4-6-10(2)12(9)13-11(14)7-8-15-3/h4-8H,1-3H3,(H,13,14)/b8-7+. The molecule has 3 nitrogen and oxygen atoms in total. The summed E-state index contributed by atoms with van der Waals surface area (Å²) in [6.45, 7) is 3.92. The molecular weight excluding hydrogens is 190 g/mol. The monoisotopic (exact) mass is 205 g/mol. The number of rotatable bonds is 3. The van der Waals surface area contributed by atoms with Crippen LogP contribution in [0.5, 0.6) is 0 Å². The maximum absolute atomic E-state index is 11.4. The number of hydrogen-bond donors (Lipinski definition) is 1. The van der Waals surface area contributed by atoms with Crippen molar-refractivity contribution in [2.75, 3.05) is 12.4 Å². The summed E-state index contributed by atoms with van der Waals surface area (Å²) >= 11 is 0. The molecular formula is C12H15NO2. The first kappa shape index (κ1) is 11.3. The fourth-order valence-corrected chi connectivity index (χ4v) is 1.31. The molecule has 0 aliphatic heterocycles. The number of aryl methyl sites for hydroxylation is 2. The lowest BCUT2D eigenvalue weighted by molar-refractivity contribution is -0.112. The van der Waals surface area contributed by atoms with Crippen molar-refractivity contribution in [3.63, 3.8) is 0 Å². The number of anilines is 1. The highest BCUT2D eigenvalue weighted by atomic mass is 16.5. The SMILES string of the molecule is CO/C=C/C(=O)Nc1c(C)cccc1C. The summed E-state index contributed by atoms with van der Waals surface area (Å²) in [5.41, 5.74) is 2.96. The van der Waals surface area contributed by atoms with E-state index in [4.69, 9.17) is 0 Å². The van der Waals surface area contributed by atoms with Crippen LogP contribution >= 0.6 is 0 Å². The molecule has 0 aromatic heterocycles. The zero-order valence-electron chi connectivity index (χ0n) is 9.20. The molecule has 0 radical (unpaired) electrons. The van der Waals surface area contributed by atoms with Crippen LogP contribution in [0.15, 0.2) is 30.5 Å². The number of para-hydroxylation sites is 1. The number of carbonyl (C=O) groups is 1. The van der Waals surface area contributed by atoms with Crippen molar-refractivity contribution in [2.45, 2.75) is 13.8 Å². The molecule has 0 fully saturated rings. The van der Waals surface area contributed by atoms with Crippen molar-refractivity contribution in [3.8, 4) is 0 Å². The van der Waals surface area contributed by atoms with Crippen LogP contribution in [0.2, 0.25) is 0 Å². The van der Waals surface area contributed by atoms with Crippen LogP contribution in [0.4, 0.5) is 5.69 Å². The Morgan fingerprint density at radius 2 is 1.93 bits per heavy atom. The zero-order chi connectivity index (χ0) is 11.3. The third-order valence-electron chi connectivity index (χ3n) is 2.08. The Bertz CT molecular complexity index is 363. The summed E-state index contributed by atoms with van der Waals surface area (Å²) in [4.78, 5) is 11.4. The maximum atomic E-state index is 11.4. The third kappa shape index (κ3) is 3.13. The van der Waals surface area contributed by atoms with Crippen molar-refractivity contribution in [3.05, 3.63) is 41.7 Å². The van der Waals surface area contributed by atoms with Crippen molar-refractivity contribution in [1.29, 1.82) is 0 Å². The first-order chi connectivity index (χ1) is 7.15. The van der Waals surface area contributed by atoms with Gasteiger partial charge in [-0.3, -0.25) is 4.79 Å². The van der Waals surface area contributed by atoms with E-state index in [9.17, 15) is 4.79 Å². The first-order valence-corrected chi connectivity index (χ1v) is 4.71. The van der Waals surface area contributed by atoms with Crippen LogP contribution in [0, 0.1) is 13.8 Å². The van der Waals surface area contributed by atoms with E-state index in [1.807, 2.05) is 32.0 Å². The Balaban J connectivity index is 2.80. The quantitative estimate of drug-likeness (QED) is 0.608. The average Bonchev–Trinajstić information content (AvgIpc) is 2.21. The highest BCUT2D eigenvalue weighted by molar-refractivity contribution is 6.00. The minimum absolute atomic E-state index is 0.186. The lowest BCUT2D eigenvalue weighted by Gasteiger charge is -2.09. The van der Waals surface area contributed by atoms with Gasteiger partial charge in [0.15, 0.2) is 0 Å². The number of ether oxygens (including phenoxy) is 1. The molecule has 0 bridgehead atoms. The normalized spacial score (nSPS) is 10.3. The Kier molecular flexibility index (Phi) is 3.92. The number of nitrogens with one attached hydrogen (secondary N) is 1. The van der Waals surface area contributed by atoms with E-state index < -0.39 is 0 Å². The number of amides is 1. The molecule has 0 aliphatic carbocycles. The van der Waals surface area contributed by atoms with Crippen molar-refractivity contribution in [1.82, 2.24) is 0 Å². The third-order valence-corrected chi connectivity index (χ3v) is 2.08. The van der Waals surface area contributed by atoms with Gasteiger partial charge in [0.25, 0.3) is 5.91 Å². The Hall–Kier alpha value is -1.77. The molecule has 3 heteroatoms. The smallest absolute Gasteiger partial charge is 0.251 e. The van der Waals surface area contributed by atoms with Gasteiger partial charge in [0, 0.05) is 11.8 Å². The second-order valence-electron chi connectivity index (χ2n) is 3.29. The number of benzene rings is 1. The van der Waals surface area contributed by atoms with Gasteiger partial charge in [-0.05, 0) is 25.0 Å². The summed E-state index contributed by atoms with van der Waals surface area (Å²) in [6, 6.07) is 5.89. The summed E-state index contributed by atoms with van der Waals surface area (Å²) in [5, 5.41) is 2.81. The molecule has 0 unspecified atom stereocenters. The van der Waals surface area contributed by atoms with Crippen LogP contribution < -0.4 is 5.32 Å². The Labute approximate surface area is 89.8 Å². The van der Waals surface area contributed by atoms with Gasteiger partial charge in [-0.1, -0.05) is 18.2 Å². The lowest BCUT2D eigenvalue weighted by atomic mass is 10.1. The van der Waals surface area contributed by atoms with Gasteiger partial charge in [0.1, 0.15) is 0 Å². The largest absolute Gasteiger partial charge is 0.504 e. The molecule has 1 N–H and O–H groups in total. The average molecular weight is 205 g/mol. The minimum Gasteiger partial charge on any atom is -0.504 e. The van der Waals surface area contributed by atoms with Gasteiger partial charge in [0.05, 0.1) is 13.4 Å². The molecule has 0 saturated heterocycles. The van der Waals surface area contributed by atoms with Gasteiger partial charge in [-0.2, -0.15) is 0 Å². The van der Waals surface area contributed by atoms with Crippen molar-refractivity contribution < 1.29 is 9.53 Å². The van der Waals surface area contributed by atoms with E-state index in [-0.39, 0.29) is 5.91 Å². The van der Waals surface area contributed by atoms with E-state index in [1.54, 1.807) is 0 Å². The highest BCUT2D eigenvalue weighted by Crippen LogP contribution is 2.19. The summed E-state index contributed by atoms with van der Waals surface area (Å²) in [6.07, 6.45) is 2.70. The zero-order valence-corrected chi connectivity index (χ0v) is 9.20. The van der Waals surface area contributed by atoms with Crippen LogP contribution in [0.3, 0.4) is 0 Å². The molecule has 1 amide bonds. The van der Waals surface area contributed by atoms with Crippen LogP contribution in [0.1, 0.15) is 11.1 Å². The number of methoxy groups -OCH3 is 1. The summed E-state index contributed by atoms with van der Waals surface area (Å²) in [5.74, 6) is -0.186. The van der Waals surface area contributed by atoms with Crippen molar-refractivity contribution >= 4 is 11.6 Å². The van der Waals surface area contributed by atoms with Gasteiger partial charge in [-0.25, -0.2) is 0 Å². The molecule has 0 spiro atoms. The van der Waals surface area contributed by atoms with Gasteiger partial charge in [0.2, 0.25) is 0 Å². The van der Waals surface area contributed by atoms with E-state index in [2.05, 4.69) is 10.1 Å². The Morgan fingerprint density at radius 1 is 1.33 bits per heavy atom. The van der Waals surface area contributed by atoms with Gasteiger partial charge >= 0.3 is 0 Å². The summed E-state index contributed by atoms with van der Waals surface area (Å²) < 4.78 is 4.67. The minimum atomic E-state index is -0.186. The molecule has 15 heavy (non-hydrogen) atoms. The van der Waals surface area contributed by atoms with E-state index >= 15 is 0 Å². The molecule has 80 valence electrons. The summed E-state index contributed by atoms with van der Waals surface area (Å²) in [7, 11) is 1.50. The maximum Gasteiger partial charge on any atom is 0.251 e. The van der Waals surface area contributed by atoms with Gasteiger partial charge in [-0.15, -0.1) is 0 Å². The lowest BCUT2D eigenvalue weighted by Crippen LogP contribution is -2.10. The molecule has 1 aromatic rings. The van der Waals surface area contributed by atoms with E-state index in [0.29, 0.717) is 0 Å². The molecule has 1 rings (SSSR count). The van der Waals surface area contributed by atoms with E-state index in [0.717, 1.165) is 16.8 Å². The fraction of sp³-hybridized carbons (Fsp3) is 0.250. The molecule has 1 aromatic carbocycles. The molecule has 0 aliphatic rings. The van der Waals surface area contributed by atoms with Crippen LogP contribution in [0.25, 0.3) is 0 Å². The van der Waals surface area contributed by atoms with Crippen LogP contribution in [-0.4, -0.2) is 13.0 Å². The number of carbonyl (C=O) groups excluding carboxylic acids is 1. The predicted octanol–water partition coefficient (Wildman–Crippen LogP) is 2.40. The first-order valence-electron chi connectivity index (χ1n) is 4.71. The Morgan fingerprint density at radius 3 is 2.47 bits per heavy atom. The van der Waals surface area contributed by atoms with E-state index in [1.165, 1.54) is 19.4 Å². The molecule has 0 saturated carbocycles. The molecule has 0 atom stereocenters. The highest BCUT2D eigenvalue weighted by Gasteiger charge is 2.03. The van der Waals surface area contributed by atoms with Gasteiger partial charge < -0.3 is 10.1 Å². The second kappa shape index (κ2) is 5.20. The predicted molar refractivity (Wildman–Crippen MR) is 60.7 cm³/mol.